The van der Waals surface area contributed by atoms with E-state index in [1.54, 1.807) is 11.8 Å². The van der Waals surface area contributed by atoms with E-state index in [1.165, 1.54) is 0 Å². The zero-order valence-corrected chi connectivity index (χ0v) is 14.5. The molecule has 2 heterocycles. The maximum Gasteiger partial charge on any atom is 0.251 e. The van der Waals surface area contributed by atoms with Crippen molar-refractivity contribution in [2.75, 3.05) is 23.7 Å². The van der Waals surface area contributed by atoms with Crippen LogP contribution in [0.15, 0.2) is 24.3 Å². The zero-order valence-electron chi connectivity index (χ0n) is 14.5. The maximum atomic E-state index is 12.6. The molecule has 3 rings (SSSR count). The molecule has 2 N–H and O–H groups in total. The van der Waals surface area contributed by atoms with E-state index in [1.807, 2.05) is 38.1 Å². The third kappa shape index (κ3) is 3.11. The van der Waals surface area contributed by atoms with Crippen molar-refractivity contribution in [2.24, 2.45) is 0 Å². The molecular formula is C18H25N3O3. The number of likely N-dealkylation sites (tertiary alicyclic amines) is 1. The number of nitrogens with one attached hydrogen (secondary N) is 2. The summed E-state index contributed by atoms with van der Waals surface area (Å²) >= 11 is 0. The molecule has 1 aromatic carbocycles. The number of para-hydroxylation sites is 2. The Morgan fingerprint density at radius 3 is 2.42 bits per heavy atom. The van der Waals surface area contributed by atoms with Crippen LogP contribution in [0.25, 0.3) is 0 Å². The van der Waals surface area contributed by atoms with Gasteiger partial charge in [-0.15, -0.1) is 0 Å². The van der Waals surface area contributed by atoms with Gasteiger partial charge in [-0.25, -0.2) is 0 Å². The monoisotopic (exact) mass is 331 g/mol. The average Bonchev–Trinajstić information content (AvgIpc) is 2.55. The Morgan fingerprint density at radius 1 is 1.17 bits per heavy atom. The van der Waals surface area contributed by atoms with Crippen LogP contribution in [0.1, 0.15) is 33.6 Å². The number of carbonyl (C=O) groups is 2. The molecule has 0 saturated carbocycles. The number of nitrogens with zero attached hydrogens (tertiary/aromatic N) is 1. The first-order valence-corrected chi connectivity index (χ1v) is 8.54. The third-order valence-corrected chi connectivity index (χ3v) is 4.74. The number of benzene rings is 1. The van der Waals surface area contributed by atoms with Gasteiger partial charge in [0.05, 0.1) is 17.5 Å². The highest BCUT2D eigenvalue weighted by molar-refractivity contribution is 6.06. The lowest BCUT2D eigenvalue weighted by molar-refractivity contribution is -0.147. The number of carbonyl (C=O) groups excluding carboxylic acids is 2. The third-order valence-electron chi connectivity index (χ3n) is 4.74. The fraction of sp³-hybridized carbons (Fsp3) is 0.556. The summed E-state index contributed by atoms with van der Waals surface area (Å²) in [7, 11) is 0. The van der Waals surface area contributed by atoms with Crippen molar-refractivity contribution in [1.82, 2.24) is 4.90 Å². The number of piperidine rings is 1. The first-order chi connectivity index (χ1) is 11.4. The van der Waals surface area contributed by atoms with E-state index >= 15 is 0 Å². The molecule has 1 aromatic rings. The molecule has 0 radical (unpaired) electrons. The Kier molecular flexibility index (Phi) is 4.49. The normalized spacial score (nSPS) is 20.3. The number of ether oxygens (including phenoxy) is 1. The summed E-state index contributed by atoms with van der Waals surface area (Å²) in [5.74, 6) is -0.0186. The number of hydrogen-bond acceptors (Lipinski definition) is 4. The molecule has 0 aromatic heterocycles. The Hall–Kier alpha value is -2.08. The Morgan fingerprint density at radius 2 is 1.79 bits per heavy atom. The highest BCUT2D eigenvalue weighted by Gasteiger charge is 2.45. The number of anilines is 2. The molecule has 0 bridgehead atoms. The van der Waals surface area contributed by atoms with Gasteiger partial charge in [0.1, 0.15) is 11.6 Å². The summed E-state index contributed by atoms with van der Waals surface area (Å²) in [5.41, 5.74) is 1.12. The molecule has 1 atom stereocenters. The van der Waals surface area contributed by atoms with Gasteiger partial charge in [-0.3, -0.25) is 9.59 Å². The summed E-state index contributed by atoms with van der Waals surface area (Å²) in [4.78, 5) is 26.9. The predicted octanol–water partition coefficient (Wildman–Crippen LogP) is 2.23. The molecule has 2 aliphatic heterocycles. The Bertz CT molecular complexity index is 636. The van der Waals surface area contributed by atoms with Crippen molar-refractivity contribution in [3.8, 4) is 0 Å². The minimum Gasteiger partial charge on any atom is -0.369 e. The van der Waals surface area contributed by atoms with Gasteiger partial charge in [-0.2, -0.15) is 0 Å². The number of hydrogen-bond donors (Lipinski definition) is 2. The van der Waals surface area contributed by atoms with Gasteiger partial charge in [0.2, 0.25) is 5.91 Å². The van der Waals surface area contributed by atoms with E-state index in [0.29, 0.717) is 25.9 Å². The molecule has 1 saturated heterocycles. The molecule has 1 fully saturated rings. The minimum atomic E-state index is -0.632. The van der Waals surface area contributed by atoms with Crippen molar-refractivity contribution in [3.63, 3.8) is 0 Å². The number of amides is 2. The van der Waals surface area contributed by atoms with Crippen LogP contribution in [0.4, 0.5) is 11.4 Å². The smallest absolute Gasteiger partial charge is 0.251 e. The van der Waals surface area contributed by atoms with Crippen LogP contribution in [0.3, 0.4) is 0 Å². The summed E-state index contributed by atoms with van der Waals surface area (Å²) in [6.45, 7) is 6.72. The molecule has 24 heavy (non-hydrogen) atoms. The molecular weight excluding hydrogens is 306 g/mol. The SMILES string of the molecule is CC(C)OC(C)C(=O)N1CCC2(CC1)Nc1ccccc1NC2=O. The fourth-order valence-corrected chi connectivity index (χ4v) is 3.44. The van der Waals surface area contributed by atoms with Crippen molar-refractivity contribution < 1.29 is 14.3 Å². The summed E-state index contributed by atoms with van der Waals surface area (Å²) in [6, 6.07) is 7.69. The van der Waals surface area contributed by atoms with Crippen LogP contribution in [0.2, 0.25) is 0 Å². The van der Waals surface area contributed by atoms with Gasteiger partial charge in [0.15, 0.2) is 0 Å². The second-order valence-corrected chi connectivity index (χ2v) is 6.86. The molecule has 2 aliphatic rings. The van der Waals surface area contributed by atoms with Crippen molar-refractivity contribution in [1.29, 1.82) is 0 Å². The van der Waals surface area contributed by atoms with Crippen LogP contribution >= 0.6 is 0 Å². The van der Waals surface area contributed by atoms with E-state index in [4.69, 9.17) is 4.74 Å². The Labute approximate surface area is 142 Å². The molecule has 0 aliphatic carbocycles. The van der Waals surface area contributed by atoms with Gasteiger partial charge in [-0.05, 0) is 45.7 Å². The predicted molar refractivity (Wildman–Crippen MR) is 92.9 cm³/mol. The summed E-state index contributed by atoms with van der Waals surface area (Å²) in [6.07, 6.45) is 0.746. The number of rotatable bonds is 3. The zero-order chi connectivity index (χ0) is 17.3. The first-order valence-electron chi connectivity index (χ1n) is 8.54. The molecule has 130 valence electrons. The van der Waals surface area contributed by atoms with Crippen LogP contribution in [0, 0.1) is 0 Å². The highest BCUT2D eigenvalue weighted by atomic mass is 16.5. The van der Waals surface area contributed by atoms with E-state index in [0.717, 1.165) is 11.4 Å². The fourth-order valence-electron chi connectivity index (χ4n) is 3.44. The van der Waals surface area contributed by atoms with E-state index in [9.17, 15) is 9.59 Å². The summed E-state index contributed by atoms with van der Waals surface area (Å²) < 4.78 is 5.58. The lowest BCUT2D eigenvalue weighted by Crippen LogP contribution is -2.59. The first kappa shape index (κ1) is 16.8. The highest BCUT2D eigenvalue weighted by Crippen LogP contribution is 2.36. The van der Waals surface area contributed by atoms with Crippen molar-refractivity contribution >= 4 is 23.2 Å². The topological polar surface area (TPSA) is 70.7 Å². The van der Waals surface area contributed by atoms with Crippen LogP contribution < -0.4 is 10.6 Å². The van der Waals surface area contributed by atoms with E-state index in [-0.39, 0.29) is 17.9 Å². The summed E-state index contributed by atoms with van der Waals surface area (Å²) in [5, 5.41) is 6.39. The quantitative estimate of drug-likeness (QED) is 0.891. The maximum absolute atomic E-state index is 12.6. The average molecular weight is 331 g/mol. The van der Waals surface area contributed by atoms with E-state index < -0.39 is 11.6 Å². The molecule has 1 unspecified atom stereocenters. The second-order valence-electron chi connectivity index (χ2n) is 6.86. The van der Waals surface area contributed by atoms with Crippen LogP contribution in [-0.4, -0.2) is 47.6 Å². The van der Waals surface area contributed by atoms with Gasteiger partial charge >= 0.3 is 0 Å². The van der Waals surface area contributed by atoms with E-state index in [2.05, 4.69) is 10.6 Å². The van der Waals surface area contributed by atoms with Crippen molar-refractivity contribution in [2.45, 2.75) is 51.4 Å². The molecule has 2 amide bonds. The van der Waals surface area contributed by atoms with Gasteiger partial charge in [0.25, 0.3) is 5.91 Å². The minimum absolute atomic E-state index is 0.00447. The van der Waals surface area contributed by atoms with Gasteiger partial charge in [-0.1, -0.05) is 12.1 Å². The molecule has 6 nitrogen and oxygen atoms in total. The van der Waals surface area contributed by atoms with Gasteiger partial charge < -0.3 is 20.3 Å². The number of fused-ring (bicyclic) bond motifs is 1. The molecule has 1 spiro atoms. The Balaban J connectivity index is 1.66. The second kappa shape index (κ2) is 6.43. The largest absolute Gasteiger partial charge is 0.369 e. The lowest BCUT2D eigenvalue weighted by atomic mass is 9.84. The van der Waals surface area contributed by atoms with Crippen molar-refractivity contribution in [3.05, 3.63) is 24.3 Å². The molecule has 6 heteroatoms. The van der Waals surface area contributed by atoms with Crippen LogP contribution in [-0.2, 0) is 14.3 Å². The van der Waals surface area contributed by atoms with Gasteiger partial charge in [0, 0.05) is 13.1 Å². The lowest BCUT2D eigenvalue weighted by Gasteiger charge is -2.44. The standard InChI is InChI=1S/C18H25N3O3/c1-12(2)24-13(3)16(22)21-10-8-18(9-11-21)17(23)19-14-6-4-5-7-15(14)20-18/h4-7,12-13,20H,8-11H2,1-3H3,(H,19,23). The van der Waals surface area contributed by atoms with Crippen LogP contribution in [0.5, 0.6) is 0 Å².